The van der Waals surface area contributed by atoms with Crippen LogP contribution in [-0.4, -0.2) is 6.18 Å². The molecule has 0 aliphatic heterocycles. The molecule has 7 heteroatoms. The lowest BCUT2D eigenvalue weighted by Gasteiger charge is -2.17. The SMILES string of the molecule is Cl.N[C@@H](c1cc(Cl)ccc1Cl)C(F)(F)F. The van der Waals surface area contributed by atoms with E-state index in [0.717, 1.165) is 6.07 Å². The fourth-order valence-electron chi connectivity index (χ4n) is 0.929. The highest BCUT2D eigenvalue weighted by atomic mass is 35.5. The summed E-state index contributed by atoms with van der Waals surface area (Å²) in [5, 5.41) is 0.128. The van der Waals surface area contributed by atoms with E-state index >= 15 is 0 Å². The molecule has 1 aromatic rings. The summed E-state index contributed by atoms with van der Waals surface area (Å²) in [7, 11) is 0. The first-order valence-electron chi connectivity index (χ1n) is 3.59. The molecule has 0 heterocycles. The van der Waals surface area contributed by atoms with Gasteiger partial charge in [-0.15, -0.1) is 12.4 Å². The summed E-state index contributed by atoms with van der Waals surface area (Å²) in [4.78, 5) is 0. The van der Waals surface area contributed by atoms with Crippen LogP contribution in [0.1, 0.15) is 11.6 Å². The van der Waals surface area contributed by atoms with Crippen molar-refractivity contribution in [2.45, 2.75) is 12.2 Å². The quantitative estimate of drug-likeness (QED) is 0.827. The number of hydrogen-bond acceptors (Lipinski definition) is 1. The molecule has 0 aromatic heterocycles. The number of hydrogen-bond donors (Lipinski definition) is 1. The van der Waals surface area contributed by atoms with Gasteiger partial charge >= 0.3 is 6.18 Å². The fourth-order valence-corrected chi connectivity index (χ4v) is 1.34. The normalized spacial score (nSPS) is 13.2. The second kappa shape index (κ2) is 5.25. The van der Waals surface area contributed by atoms with E-state index < -0.39 is 12.2 Å². The van der Waals surface area contributed by atoms with Crippen LogP contribution in [0.5, 0.6) is 0 Å². The number of halogens is 6. The Bertz CT molecular complexity index is 340. The highest BCUT2D eigenvalue weighted by Gasteiger charge is 2.38. The van der Waals surface area contributed by atoms with Crippen LogP contribution in [0.3, 0.4) is 0 Å². The lowest BCUT2D eigenvalue weighted by Crippen LogP contribution is -2.28. The van der Waals surface area contributed by atoms with Crippen LogP contribution in [0.15, 0.2) is 18.2 Å². The minimum atomic E-state index is -4.52. The van der Waals surface area contributed by atoms with Gasteiger partial charge in [0.1, 0.15) is 6.04 Å². The molecule has 0 aliphatic carbocycles. The predicted octanol–water partition coefficient (Wildman–Crippen LogP) is 3.98. The maximum atomic E-state index is 12.2. The second-order valence-electron chi connectivity index (χ2n) is 2.69. The van der Waals surface area contributed by atoms with Crippen LogP contribution in [-0.2, 0) is 0 Å². The van der Waals surface area contributed by atoms with Crippen molar-refractivity contribution in [3.8, 4) is 0 Å². The van der Waals surface area contributed by atoms with Gasteiger partial charge in [-0.05, 0) is 23.8 Å². The van der Waals surface area contributed by atoms with Crippen LogP contribution in [0.2, 0.25) is 10.0 Å². The van der Waals surface area contributed by atoms with Crippen molar-refractivity contribution in [2.24, 2.45) is 5.73 Å². The number of rotatable bonds is 1. The molecule has 0 saturated heterocycles. The molecular weight excluding hydrogens is 273 g/mol. The third-order valence-corrected chi connectivity index (χ3v) is 2.23. The van der Waals surface area contributed by atoms with Gasteiger partial charge in [-0.3, -0.25) is 0 Å². The number of benzene rings is 1. The Hall–Kier alpha value is -0.160. The van der Waals surface area contributed by atoms with Gasteiger partial charge < -0.3 is 5.73 Å². The van der Waals surface area contributed by atoms with Crippen LogP contribution in [0.25, 0.3) is 0 Å². The summed E-state index contributed by atoms with van der Waals surface area (Å²) in [5.41, 5.74) is 4.76. The van der Waals surface area contributed by atoms with Crippen molar-refractivity contribution in [3.05, 3.63) is 33.8 Å². The average Bonchev–Trinajstić information content (AvgIpc) is 2.06. The molecule has 0 fully saturated rings. The summed E-state index contributed by atoms with van der Waals surface area (Å²) >= 11 is 11.1. The molecule has 15 heavy (non-hydrogen) atoms. The molecule has 86 valence electrons. The third-order valence-electron chi connectivity index (χ3n) is 1.65. The monoisotopic (exact) mass is 279 g/mol. The molecule has 0 radical (unpaired) electrons. The topological polar surface area (TPSA) is 26.0 Å². The zero-order chi connectivity index (χ0) is 10.9. The molecular formula is C8H7Cl3F3N. The predicted molar refractivity (Wildman–Crippen MR) is 56.7 cm³/mol. The molecule has 0 unspecified atom stereocenters. The maximum Gasteiger partial charge on any atom is 0.407 e. The standard InChI is InChI=1S/C8H6Cl2F3N.ClH/c9-4-1-2-6(10)5(3-4)7(14)8(11,12)13;/h1-3,7H,14H2;1H/t7-;/m0./s1. The van der Waals surface area contributed by atoms with E-state index in [1.165, 1.54) is 12.1 Å². The van der Waals surface area contributed by atoms with Gasteiger partial charge in [-0.1, -0.05) is 23.2 Å². The first-order valence-corrected chi connectivity index (χ1v) is 4.35. The van der Waals surface area contributed by atoms with Crippen molar-refractivity contribution < 1.29 is 13.2 Å². The molecule has 1 nitrogen and oxygen atoms in total. The summed E-state index contributed by atoms with van der Waals surface area (Å²) < 4.78 is 36.7. The van der Waals surface area contributed by atoms with Gasteiger partial charge in [0.15, 0.2) is 0 Å². The van der Waals surface area contributed by atoms with Crippen molar-refractivity contribution in [3.63, 3.8) is 0 Å². The van der Waals surface area contributed by atoms with Gasteiger partial charge in [0.25, 0.3) is 0 Å². The third kappa shape index (κ3) is 3.72. The molecule has 0 bridgehead atoms. The van der Waals surface area contributed by atoms with Crippen LogP contribution < -0.4 is 5.73 Å². The number of nitrogens with two attached hydrogens (primary N) is 1. The molecule has 2 N–H and O–H groups in total. The minimum Gasteiger partial charge on any atom is -0.316 e. The van der Waals surface area contributed by atoms with Gasteiger partial charge in [-0.2, -0.15) is 13.2 Å². The summed E-state index contributed by atoms with van der Waals surface area (Å²) in [5.74, 6) is 0. The molecule has 1 rings (SSSR count). The zero-order valence-electron chi connectivity index (χ0n) is 7.18. The van der Waals surface area contributed by atoms with Crippen molar-refractivity contribution in [1.82, 2.24) is 0 Å². The maximum absolute atomic E-state index is 12.2. The van der Waals surface area contributed by atoms with Gasteiger partial charge in [-0.25, -0.2) is 0 Å². The number of alkyl halides is 3. The van der Waals surface area contributed by atoms with Crippen molar-refractivity contribution in [2.75, 3.05) is 0 Å². The van der Waals surface area contributed by atoms with E-state index in [4.69, 9.17) is 28.9 Å². The van der Waals surface area contributed by atoms with Gasteiger partial charge in [0.05, 0.1) is 0 Å². The molecule has 0 saturated carbocycles. The summed E-state index contributed by atoms with van der Waals surface area (Å²) in [6.45, 7) is 0. The summed E-state index contributed by atoms with van der Waals surface area (Å²) in [6.07, 6.45) is -4.52. The van der Waals surface area contributed by atoms with Crippen LogP contribution in [0, 0.1) is 0 Å². The largest absolute Gasteiger partial charge is 0.407 e. The van der Waals surface area contributed by atoms with Crippen molar-refractivity contribution in [1.29, 1.82) is 0 Å². The van der Waals surface area contributed by atoms with Crippen molar-refractivity contribution >= 4 is 35.6 Å². The van der Waals surface area contributed by atoms with Gasteiger partial charge in [0.2, 0.25) is 0 Å². The zero-order valence-corrected chi connectivity index (χ0v) is 9.51. The van der Waals surface area contributed by atoms with Gasteiger partial charge in [0, 0.05) is 10.0 Å². The molecule has 0 aliphatic rings. The highest BCUT2D eigenvalue weighted by molar-refractivity contribution is 6.33. The van der Waals surface area contributed by atoms with E-state index in [-0.39, 0.29) is 28.0 Å². The highest BCUT2D eigenvalue weighted by Crippen LogP contribution is 2.35. The Morgan fingerprint density at radius 1 is 1.20 bits per heavy atom. The fraction of sp³-hybridized carbons (Fsp3) is 0.250. The Morgan fingerprint density at radius 2 is 1.73 bits per heavy atom. The Morgan fingerprint density at radius 3 is 2.20 bits per heavy atom. The Labute approximate surface area is 101 Å². The molecule has 0 amide bonds. The van der Waals surface area contributed by atoms with E-state index in [2.05, 4.69) is 0 Å². The molecule has 1 atom stereocenters. The van der Waals surface area contributed by atoms with Crippen LogP contribution in [0.4, 0.5) is 13.2 Å². The smallest absolute Gasteiger partial charge is 0.316 e. The molecule has 1 aromatic carbocycles. The van der Waals surface area contributed by atoms with E-state index in [0.29, 0.717) is 0 Å². The van der Waals surface area contributed by atoms with E-state index in [9.17, 15) is 13.2 Å². The average molecular weight is 281 g/mol. The summed E-state index contributed by atoms with van der Waals surface area (Å²) in [6, 6.07) is 1.69. The first-order chi connectivity index (χ1) is 6.32. The van der Waals surface area contributed by atoms with E-state index in [1.807, 2.05) is 0 Å². The van der Waals surface area contributed by atoms with E-state index in [1.54, 1.807) is 0 Å². The van der Waals surface area contributed by atoms with Crippen LogP contribution >= 0.6 is 35.6 Å². The lowest BCUT2D eigenvalue weighted by molar-refractivity contribution is -0.149. The minimum absolute atomic E-state index is 0. The second-order valence-corrected chi connectivity index (χ2v) is 3.53. The first kappa shape index (κ1) is 14.8. The Kier molecular flexibility index (Phi) is 5.20. The lowest BCUT2D eigenvalue weighted by atomic mass is 10.1. The Balaban J connectivity index is 0.00000196. The molecule has 0 spiro atoms.